The highest BCUT2D eigenvalue weighted by atomic mass is 79.9. The number of hydrogen-bond acceptors (Lipinski definition) is 6. The third-order valence-electron chi connectivity index (χ3n) is 4.42. The summed E-state index contributed by atoms with van der Waals surface area (Å²) in [4.78, 5) is 25.4. The molecular formula is C22H26BrNO6. The molecule has 0 fully saturated rings. The molecule has 0 unspecified atom stereocenters. The number of carbonyl (C=O) groups is 2. The molecule has 2 aromatic rings. The number of halogens is 1. The zero-order valence-electron chi connectivity index (χ0n) is 17.7. The summed E-state index contributed by atoms with van der Waals surface area (Å²) >= 11 is 3.41. The van der Waals surface area contributed by atoms with Gasteiger partial charge in [0, 0.05) is 11.6 Å². The highest BCUT2D eigenvalue weighted by Gasteiger charge is 2.26. The van der Waals surface area contributed by atoms with Crippen LogP contribution >= 0.6 is 15.9 Å². The Morgan fingerprint density at radius 2 is 1.60 bits per heavy atom. The van der Waals surface area contributed by atoms with Crippen LogP contribution in [0.5, 0.6) is 17.2 Å². The highest BCUT2D eigenvalue weighted by molar-refractivity contribution is 9.10. The van der Waals surface area contributed by atoms with E-state index in [4.69, 9.17) is 18.9 Å². The van der Waals surface area contributed by atoms with Crippen LogP contribution in [0, 0.1) is 5.92 Å². The molecule has 0 aliphatic rings. The number of benzene rings is 2. The lowest BCUT2D eigenvalue weighted by Crippen LogP contribution is -2.45. The molecule has 0 bridgehead atoms. The van der Waals surface area contributed by atoms with E-state index in [0.717, 1.165) is 10.0 Å². The number of rotatable bonds is 9. The van der Waals surface area contributed by atoms with Crippen LogP contribution in [-0.4, -0.2) is 39.2 Å². The molecule has 0 saturated carbocycles. The monoisotopic (exact) mass is 479 g/mol. The number of esters is 1. The third kappa shape index (κ3) is 6.13. The van der Waals surface area contributed by atoms with Crippen molar-refractivity contribution in [2.75, 3.05) is 21.3 Å². The van der Waals surface area contributed by atoms with Crippen LogP contribution in [0.1, 0.15) is 29.8 Å². The first-order chi connectivity index (χ1) is 14.3. The maximum atomic E-state index is 12.7. The van der Waals surface area contributed by atoms with E-state index in [0.29, 0.717) is 22.8 Å². The van der Waals surface area contributed by atoms with E-state index < -0.39 is 17.9 Å². The van der Waals surface area contributed by atoms with Crippen molar-refractivity contribution in [3.63, 3.8) is 0 Å². The van der Waals surface area contributed by atoms with Gasteiger partial charge < -0.3 is 24.3 Å². The molecule has 2 rings (SSSR count). The normalized spacial score (nSPS) is 11.6. The van der Waals surface area contributed by atoms with Crippen molar-refractivity contribution in [2.24, 2.45) is 5.92 Å². The zero-order valence-corrected chi connectivity index (χ0v) is 19.2. The molecule has 0 aliphatic heterocycles. The van der Waals surface area contributed by atoms with Crippen molar-refractivity contribution >= 4 is 27.8 Å². The molecule has 1 N–H and O–H groups in total. The van der Waals surface area contributed by atoms with Crippen LogP contribution in [0.15, 0.2) is 40.9 Å². The van der Waals surface area contributed by atoms with Gasteiger partial charge in [0.2, 0.25) is 0 Å². The van der Waals surface area contributed by atoms with Crippen LogP contribution in [0.4, 0.5) is 0 Å². The number of ether oxygens (including phenoxy) is 4. The van der Waals surface area contributed by atoms with Gasteiger partial charge in [0.05, 0.1) is 25.8 Å². The molecule has 0 heterocycles. The minimum atomic E-state index is -0.809. The molecule has 30 heavy (non-hydrogen) atoms. The standard InChI is InChI=1S/C22H26BrNO6/c1-13(2)20(22(26)30-12-14-6-7-19(29-5)18(23)8-14)24-21(25)15-9-16(27-3)11-17(10-15)28-4/h6-11,13,20H,12H2,1-5H3,(H,24,25)/t20-/m0/s1. The third-order valence-corrected chi connectivity index (χ3v) is 5.04. The van der Waals surface area contributed by atoms with Gasteiger partial charge in [0.25, 0.3) is 5.91 Å². The first-order valence-electron chi connectivity index (χ1n) is 9.32. The van der Waals surface area contributed by atoms with Gasteiger partial charge in [-0.05, 0) is 51.7 Å². The van der Waals surface area contributed by atoms with E-state index in [1.807, 2.05) is 26.0 Å². The quantitative estimate of drug-likeness (QED) is 0.547. The molecule has 7 nitrogen and oxygen atoms in total. The van der Waals surface area contributed by atoms with Crippen molar-refractivity contribution in [2.45, 2.75) is 26.5 Å². The Bertz CT molecular complexity index is 877. The van der Waals surface area contributed by atoms with Gasteiger partial charge in [0.1, 0.15) is 29.9 Å². The Labute approximate surface area is 184 Å². The summed E-state index contributed by atoms with van der Waals surface area (Å²) in [5.74, 6) is 0.541. The smallest absolute Gasteiger partial charge is 0.329 e. The molecule has 0 aliphatic carbocycles. The minimum Gasteiger partial charge on any atom is -0.497 e. The number of methoxy groups -OCH3 is 3. The van der Waals surface area contributed by atoms with Crippen LogP contribution in [0.25, 0.3) is 0 Å². The Hall–Kier alpha value is -2.74. The average molecular weight is 480 g/mol. The summed E-state index contributed by atoms with van der Waals surface area (Å²) in [7, 11) is 4.58. The molecule has 162 valence electrons. The first-order valence-corrected chi connectivity index (χ1v) is 10.1. The van der Waals surface area contributed by atoms with Gasteiger partial charge in [-0.15, -0.1) is 0 Å². The first kappa shape index (κ1) is 23.5. The number of amides is 1. The van der Waals surface area contributed by atoms with Crippen molar-refractivity contribution in [1.29, 1.82) is 0 Å². The lowest BCUT2D eigenvalue weighted by Gasteiger charge is -2.21. The number of hydrogen-bond donors (Lipinski definition) is 1. The summed E-state index contributed by atoms with van der Waals surface area (Å²) in [6.07, 6.45) is 0. The second-order valence-corrected chi connectivity index (χ2v) is 7.73. The summed E-state index contributed by atoms with van der Waals surface area (Å²) in [5.41, 5.74) is 1.12. The van der Waals surface area contributed by atoms with E-state index in [1.54, 1.807) is 31.4 Å². The topological polar surface area (TPSA) is 83.1 Å². The fraction of sp³-hybridized carbons (Fsp3) is 0.364. The maximum absolute atomic E-state index is 12.7. The van der Waals surface area contributed by atoms with Crippen LogP contribution in [0.3, 0.4) is 0 Å². The van der Waals surface area contributed by atoms with E-state index in [9.17, 15) is 9.59 Å². The fourth-order valence-corrected chi connectivity index (χ4v) is 3.29. The molecule has 0 aromatic heterocycles. The summed E-state index contributed by atoms with van der Waals surface area (Å²) < 4.78 is 21.8. The number of carbonyl (C=O) groups excluding carboxylic acids is 2. The van der Waals surface area contributed by atoms with Gasteiger partial charge in [-0.2, -0.15) is 0 Å². The summed E-state index contributed by atoms with van der Waals surface area (Å²) in [6.45, 7) is 3.75. The van der Waals surface area contributed by atoms with E-state index in [1.165, 1.54) is 14.2 Å². The maximum Gasteiger partial charge on any atom is 0.329 e. The largest absolute Gasteiger partial charge is 0.497 e. The fourth-order valence-electron chi connectivity index (χ4n) is 2.70. The predicted octanol–water partition coefficient (Wildman–Crippen LogP) is 3.97. The van der Waals surface area contributed by atoms with Crippen molar-refractivity contribution in [3.8, 4) is 17.2 Å². The lowest BCUT2D eigenvalue weighted by atomic mass is 10.0. The Morgan fingerprint density at radius 3 is 2.10 bits per heavy atom. The molecule has 1 amide bonds. The van der Waals surface area contributed by atoms with Crippen molar-refractivity contribution in [3.05, 3.63) is 52.0 Å². The van der Waals surface area contributed by atoms with Gasteiger partial charge in [-0.1, -0.05) is 19.9 Å². The number of nitrogens with one attached hydrogen (secondary N) is 1. The second kappa shape index (κ2) is 10.9. The molecule has 2 aromatic carbocycles. The highest BCUT2D eigenvalue weighted by Crippen LogP contribution is 2.26. The molecule has 0 radical (unpaired) electrons. The van der Waals surface area contributed by atoms with Crippen molar-refractivity contribution < 1.29 is 28.5 Å². The molecule has 0 saturated heterocycles. The summed E-state index contributed by atoms with van der Waals surface area (Å²) in [5, 5.41) is 2.75. The van der Waals surface area contributed by atoms with Gasteiger partial charge in [-0.3, -0.25) is 4.79 Å². The van der Waals surface area contributed by atoms with E-state index >= 15 is 0 Å². The van der Waals surface area contributed by atoms with Crippen LogP contribution in [0.2, 0.25) is 0 Å². The lowest BCUT2D eigenvalue weighted by molar-refractivity contribution is -0.148. The molecular weight excluding hydrogens is 454 g/mol. The second-order valence-electron chi connectivity index (χ2n) is 6.87. The minimum absolute atomic E-state index is 0.0769. The Kier molecular flexibility index (Phi) is 8.53. The van der Waals surface area contributed by atoms with Gasteiger partial charge in [-0.25, -0.2) is 4.79 Å². The van der Waals surface area contributed by atoms with Gasteiger partial charge >= 0.3 is 5.97 Å². The van der Waals surface area contributed by atoms with Crippen molar-refractivity contribution in [1.82, 2.24) is 5.32 Å². The van der Waals surface area contributed by atoms with Gasteiger partial charge in [0.15, 0.2) is 0 Å². The summed E-state index contributed by atoms with van der Waals surface area (Å²) in [6, 6.07) is 9.42. The SMILES string of the molecule is COc1cc(OC)cc(C(=O)N[C@H](C(=O)OCc2ccc(OC)c(Br)c2)C(C)C)c1. The predicted molar refractivity (Wildman–Crippen MR) is 116 cm³/mol. The van der Waals surface area contributed by atoms with Crippen LogP contribution in [-0.2, 0) is 16.1 Å². The Balaban J connectivity index is 2.08. The molecule has 1 atom stereocenters. The Morgan fingerprint density at radius 1 is 0.967 bits per heavy atom. The van der Waals surface area contributed by atoms with Crippen LogP contribution < -0.4 is 19.5 Å². The zero-order chi connectivity index (χ0) is 22.3. The molecule has 0 spiro atoms. The molecule has 8 heteroatoms. The van der Waals surface area contributed by atoms with E-state index in [-0.39, 0.29) is 12.5 Å². The van der Waals surface area contributed by atoms with E-state index in [2.05, 4.69) is 21.2 Å². The average Bonchev–Trinajstić information content (AvgIpc) is 2.74.